The van der Waals surface area contributed by atoms with Crippen molar-refractivity contribution in [2.45, 2.75) is 19.2 Å². The molecule has 0 aliphatic rings. The van der Waals surface area contributed by atoms with Gasteiger partial charge in [-0.3, -0.25) is 9.59 Å². The second-order valence-corrected chi connectivity index (χ2v) is 5.86. The molecular formula is C17H17BO3. The van der Waals surface area contributed by atoms with Gasteiger partial charge in [-0.15, -0.1) is 0 Å². The predicted octanol–water partition coefficient (Wildman–Crippen LogP) is 2.65. The average Bonchev–Trinajstić information content (AvgIpc) is 2.47. The number of hydrogen-bond acceptors (Lipinski definition) is 3. The maximum atomic E-state index is 12.2. The molecule has 0 amide bonds. The Morgan fingerprint density at radius 3 is 1.95 bits per heavy atom. The van der Waals surface area contributed by atoms with Crippen LogP contribution in [0.1, 0.15) is 29.8 Å². The minimum absolute atomic E-state index is 0.0516. The molecule has 3 nitrogen and oxygen atoms in total. The molecule has 0 saturated carbocycles. The molecule has 0 bridgehead atoms. The monoisotopic (exact) mass is 280 g/mol. The first-order valence-corrected chi connectivity index (χ1v) is 6.80. The summed E-state index contributed by atoms with van der Waals surface area (Å²) in [5.41, 5.74) is 1.20. The van der Waals surface area contributed by atoms with Gasteiger partial charge in [-0.1, -0.05) is 44.2 Å². The summed E-state index contributed by atoms with van der Waals surface area (Å²) < 4.78 is 5.27. The highest BCUT2D eigenvalue weighted by molar-refractivity contribution is 6.26. The van der Waals surface area contributed by atoms with E-state index in [0.29, 0.717) is 16.9 Å². The molecule has 0 aliphatic heterocycles. The summed E-state index contributed by atoms with van der Waals surface area (Å²) >= 11 is 0. The molecule has 0 heterocycles. The Balaban J connectivity index is 2.13. The highest BCUT2D eigenvalue weighted by Crippen LogP contribution is 2.23. The minimum Gasteiger partial charge on any atom is -0.427 e. The van der Waals surface area contributed by atoms with Crippen LogP contribution in [0.25, 0.3) is 0 Å². The number of carbonyl (C=O) groups is 2. The van der Waals surface area contributed by atoms with Gasteiger partial charge >= 0.3 is 5.97 Å². The molecule has 2 aromatic carbocycles. The van der Waals surface area contributed by atoms with E-state index in [0.717, 1.165) is 0 Å². The van der Waals surface area contributed by atoms with Crippen LogP contribution in [0.15, 0.2) is 54.6 Å². The lowest BCUT2D eigenvalue weighted by Crippen LogP contribution is -2.22. The molecule has 0 fully saturated rings. The van der Waals surface area contributed by atoms with E-state index in [2.05, 4.69) is 0 Å². The number of hydrogen-bond donors (Lipinski definition) is 0. The van der Waals surface area contributed by atoms with Gasteiger partial charge in [-0.05, 0) is 24.3 Å². The maximum Gasteiger partial charge on any atom is 0.308 e. The summed E-state index contributed by atoms with van der Waals surface area (Å²) in [7, 11) is 1.79. The summed E-state index contributed by atoms with van der Waals surface area (Å²) in [6, 6.07) is 15.7. The van der Waals surface area contributed by atoms with Crippen LogP contribution < -0.4 is 4.74 Å². The summed E-state index contributed by atoms with van der Waals surface area (Å²) in [6.07, 6.45) is 0. The normalized spacial score (nSPS) is 11.0. The van der Waals surface area contributed by atoms with Crippen LogP contribution in [0.4, 0.5) is 0 Å². The zero-order chi connectivity index (χ0) is 15.5. The van der Waals surface area contributed by atoms with E-state index in [1.54, 1.807) is 58.1 Å². The third-order valence-electron chi connectivity index (χ3n) is 2.98. The molecule has 106 valence electrons. The molecule has 21 heavy (non-hydrogen) atoms. The summed E-state index contributed by atoms with van der Waals surface area (Å²) in [5, 5.41) is -0.557. The lowest BCUT2D eigenvalue weighted by molar-refractivity contribution is -0.136. The van der Waals surface area contributed by atoms with Crippen molar-refractivity contribution in [1.29, 1.82) is 0 Å². The van der Waals surface area contributed by atoms with Gasteiger partial charge in [0.1, 0.15) is 13.6 Å². The fourth-order valence-electron chi connectivity index (χ4n) is 1.69. The molecule has 2 aromatic rings. The molecule has 0 unspecified atom stereocenters. The molecule has 0 aromatic heterocycles. The van der Waals surface area contributed by atoms with Crippen molar-refractivity contribution in [3.8, 4) is 5.75 Å². The van der Waals surface area contributed by atoms with Gasteiger partial charge in [0.15, 0.2) is 5.78 Å². The number of rotatable bonds is 4. The van der Waals surface area contributed by atoms with Crippen molar-refractivity contribution in [2.75, 3.05) is 0 Å². The van der Waals surface area contributed by atoms with Gasteiger partial charge < -0.3 is 4.74 Å². The first-order valence-electron chi connectivity index (χ1n) is 6.80. The van der Waals surface area contributed by atoms with Crippen molar-refractivity contribution >= 4 is 19.6 Å². The maximum absolute atomic E-state index is 12.2. The third kappa shape index (κ3) is 3.82. The Labute approximate surface area is 125 Å². The third-order valence-corrected chi connectivity index (χ3v) is 2.98. The molecule has 0 N–H and O–H groups in total. The Bertz CT molecular complexity index is 640. The van der Waals surface area contributed by atoms with Crippen molar-refractivity contribution in [3.63, 3.8) is 0 Å². The van der Waals surface area contributed by atoms with E-state index >= 15 is 0 Å². The van der Waals surface area contributed by atoms with Crippen molar-refractivity contribution in [3.05, 3.63) is 65.7 Å². The fraction of sp³-hybridized carbons (Fsp3) is 0.176. The number of ketones is 1. The smallest absolute Gasteiger partial charge is 0.308 e. The molecule has 2 rings (SSSR count). The van der Waals surface area contributed by atoms with E-state index in [1.165, 1.54) is 0 Å². The van der Waals surface area contributed by atoms with Gasteiger partial charge in [-0.25, -0.2) is 0 Å². The lowest BCUT2D eigenvalue weighted by Gasteiger charge is -2.16. The summed E-state index contributed by atoms with van der Waals surface area (Å²) in [5.74, 6) is 0.0912. The number of esters is 1. The minimum atomic E-state index is -0.557. The first-order chi connectivity index (χ1) is 9.88. The number of ether oxygens (including phenoxy) is 1. The largest absolute Gasteiger partial charge is 0.427 e. The SMILES string of the molecule is BC(C)(C)C(=O)Oc1ccc(C(=O)c2ccccc2)cc1. The highest BCUT2D eigenvalue weighted by Gasteiger charge is 2.23. The highest BCUT2D eigenvalue weighted by atomic mass is 16.5. The predicted molar refractivity (Wildman–Crippen MR) is 84.5 cm³/mol. The molecular weight excluding hydrogens is 263 g/mol. The molecule has 0 spiro atoms. The Hall–Kier alpha value is -2.36. The van der Waals surface area contributed by atoms with Crippen molar-refractivity contribution in [1.82, 2.24) is 0 Å². The van der Waals surface area contributed by atoms with Crippen molar-refractivity contribution in [2.24, 2.45) is 0 Å². The number of carbonyl (C=O) groups excluding carboxylic acids is 2. The van der Waals surface area contributed by atoms with Crippen LogP contribution >= 0.6 is 0 Å². The van der Waals surface area contributed by atoms with Crippen LogP contribution in [0.5, 0.6) is 5.75 Å². The molecule has 0 atom stereocenters. The zero-order valence-corrected chi connectivity index (χ0v) is 12.4. The molecule has 4 heteroatoms. The lowest BCUT2D eigenvalue weighted by atomic mass is 9.73. The van der Waals surface area contributed by atoms with E-state index in [9.17, 15) is 9.59 Å². The van der Waals surface area contributed by atoms with Crippen LogP contribution in [0, 0.1) is 0 Å². The molecule has 0 radical (unpaired) electrons. The fourth-order valence-corrected chi connectivity index (χ4v) is 1.69. The molecule has 0 saturated heterocycles. The number of benzene rings is 2. The van der Waals surface area contributed by atoms with E-state index in [-0.39, 0.29) is 11.8 Å². The quantitative estimate of drug-likeness (QED) is 0.374. The van der Waals surface area contributed by atoms with Gasteiger partial charge in [0, 0.05) is 16.4 Å². The van der Waals surface area contributed by atoms with E-state index < -0.39 is 5.31 Å². The zero-order valence-electron chi connectivity index (χ0n) is 12.4. The van der Waals surface area contributed by atoms with Crippen LogP contribution in [-0.2, 0) is 4.79 Å². The van der Waals surface area contributed by atoms with Crippen LogP contribution in [0.3, 0.4) is 0 Å². The summed E-state index contributed by atoms with van der Waals surface area (Å²) in [6.45, 7) is 3.59. The van der Waals surface area contributed by atoms with Crippen LogP contribution in [-0.4, -0.2) is 19.6 Å². The second kappa shape index (κ2) is 5.96. The summed E-state index contributed by atoms with van der Waals surface area (Å²) in [4.78, 5) is 24.0. The first kappa shape index (κ1) is 15.0. The van der Waals surface area contributed by atoms with Crippen LogP contribution in [0.2, 0.25) is 5.31 Å². The van der Waals surface area contributed by atoms with Gasteiger partial charge in [0.05, 0.1) is 0 Å². The van der Waals surface area contributed by atoms with E-state index in [4.69, 9.17) is 4.74 Å². The van der Waals surface area contributed by atoms with Gasteiger partial charge in [-0.2, -0.15) is 0 Å². The average molecular weight is 280 g/mol. The standard InChI is InChI=1S/C17H17BO3/c1-17(2,18)16(20)21-14-10-8-13(9-11-14)15(19)12-6-4-3-5-7-12/h3-11H,18H2,1-2H3. The topological polar surface area (TPSA) is 43.4 Å². The van der Waals surface area contributed by atoms with Gasteiger partial charge in [0.2, 0.25) is 0 Å². The van der Waals surface area contributed by atoms with Crippen molar-refractivity contribution < 1.29 is 14.3 Å². The second-order valence-electron chi connectivity index (χ2n) is 5.86. The Kier molecular flexibility index (Phi) is 4.27. The Morgan fingerprint density at radius 1 is 0.905 bits per heavy atom. The van der Waals surface area contributed by atoms with E-state index in [1.807, 2.05) is 18.2 Å². The Morgan fingerprint density at radius 2 is 1.43 bits per heavy atom. The molecule has 0 aliphatic carbocycles. The van der Waals surface area contributed by atoms with Gasteiger partial charge in [0.25, 0.3) is 0 Å².